The number of hydrogen-bond donors (Lipinski definition) is 2. The monoisotopic (exact) mass is 377 g/mol. The molecule has 0 radical (unpaired) electrons. The van der Waals surface area contributed by atoms with Crippen molar-refractivity contribution in [2.45, 2.75) is 18.5 Å². The van der Waals surface area contributed by atoms with Crippen molar-refractivity contribution in [1.82, 2.24) is 9.97 Å². The summed E-state index contributed by atoms with van der Waals surface area (Å²) in [5, 5.41) is 16.7. The van der Waals surface area contributed by atoms with Gasteiger partial charge < -0.3 is 10.6 Å². The van der Waals surface area contributed by atoms with E-state index in [0.717, 1.165) is 23.3 Å². The SMILES string of the molecule is CCNc1nc(SCCC(=O)Nc2ccccc2C#N)nc2ccccc12. The quantitative estimate of drug-likeness (QED) is 0.477. The van der Waals surface area contributed by atoms with Crippen LogP contribution < -0.4 is 10.6 Å². The van der Waals surface area contributed by atoms with Gasteiger partial charge in [0.1, 0.15) is 11.9 Å². The summed E-state index contributed by atoms with van der Waals surface area (Å²) in [6, 6.07) is 16.9. The van der Waals surface area contributed by atoms with E-state index >= 15 is 0 Å². The topological polar surface area (TPSA) is 90.7 Å². The molecule has 7 heteroatoms. The minimum Gasteiger partial charge on any atom is -0.370 e. The zero-order valence-corrected chi connectivity index (χ0v) is 15.7. The molecule has 0 saturated carbocycles. The van der Waals surface area contributed by atoms with Crippen molar-refractivity contribution in [2.75, 3.05) is 22.9 Å². The third kappa shape index (κ3) is 4.74. The summed E-state index contributed by atoms with van der Waals surface area (Å²) in [6.45, 7) is 2.79. The van der Waals surface area contributed by atoms with E-state index in [-0.39, 0.29) is 5.91 Å². The maximum Gasteiger partial charge on any atom is 0.225 e. The number of rotatable bonds is 7. The Morgan fingerprint density at radius 3 is 2.74 bits per heavy atom. The minimum absolute atomic E-state index is 0.141. The first-order chi connectivity index (χ1) is 13.2. The number of nitrogens with one attached hydrogen (secondary N) is 2. The molecular formula is C20H19N5OS. The van der Waals surface area contributed by atoms with E-state index < -0.39 is 0 Å². The van der Waals surface area contributed by atoms with Gasteiger partial charge in [-0.25, -0.2) is 9.97 Å². The second-order valence-corrected chi connectivity index (χ2v) is 6.77. The van der Waals surface area contributed by atoms with Crippen molar-refractivity contribution in [3.8, 4) is 6.07 Å². The van der Waals surface area contributed by atoms with Gasteiger partial charge in [-0.2, -0.15) is 5.26 Å². The average molecular weight is 377 g/mol. The van der Waals surface area contributed by atoms with Gasteiger partial charge in [0.25, 0.3) is 0 Å². The number of nitriles is 1. The highest BCUT2D eigenvalue weighted by Gasteiger charge is 2.10. The van der Waals surface area contributed by atoms with Gasteiger partial charge >= 0.3 is 0 Å². The Morgan fingerprint density at radius 1 is 1.15 bits per heavy atom. The standard InChI is InChI=1S/C20H19N5OS/c1-2-22-19-15-8-4-6-10-17(15)24-20(25-19)27-12-11-18(26)23-16-9-5-3-7-14(16)13-21/h3-10H,2,11-12H2,1H3,(H,23,26)(H,22,24,25). The van der Waals surface area contributed by atoms with Crippen LogP contribution in [0, 0.1) is 11.3 Å². The maximum atomic E-state index is 12.2. The molecule has 136 valence electrons. The van der Waals surface area contributed by atoms with E-state index in [1.165, 1.54) is 11.8 Å². The van der Waals surface area contributed by atoms with Crippen molar-refractivity contribution in [3.63, 3.8) is 0 Å². The van der Waals surface area contributed by atoms with Crippen molar-refractivity contribution in [1.29, 1.82) is 5.26 Å². The first-order valence-corrected chi connectivity index (χ1v) is 9.62. The molecule has 1 heterocycles. The average Bonchev–Trinajstić information content (AvgIpc) is 2.68. The zero-order chi connectivity index (χ0) is 19.1. The fraction of sp³-hybridized carbons (Fsp3) is 0.200. The predicted molar refractivity (Wildman–Crippen MR) is 109 cm³/mol. The molecule has 0 saturated heterocycles. The Morgan fingerprint density at radius 2 is 1.93 bits per heavy atom. The summed E-state index contributed by atoms with van der Waals surface area (Å²) in [5.41, 5.74) is 1.86. The fourth-order valence-corrected chi connectivity index (χ4v) is 3.35. The van der Waals surface area contributed by atoms with Gasteiger partial charge in [-0.3, -0.25) is 4.79 Å². The van der Waals surface area contributed by atoms with Crippen LogP contribution in [-0.4, -0.2) is 28.2 Å². The van der Waals surface area contributed by atoms with Crippen LogP contribution in [0.3, 0.4) is 0 Å². The van der Waals surface area contributed by atoms with Crippen LogP contribution in [0.15, 0.2) is 53.7 Å². The molecule has 0 aliphatic carbocycles. The molecule has 0 aliphatic rings. The van der Waals surface area contributed by atoms with E-state index in [9.17, 15) is 4.79 Å². The van der Waals surface area contributed by atoms with Gasteiger partial charge in [0.2, 0.25) is 5.91 Å². The highest BCUT2D eigenvalue weighted by molar-refractivity contribution is 7.99. The van der Waals surface area contributed by atoms with Crippen LogP contribution in [0.2, 0.25) is 0 Å². The van der Waals surface area contributed by atoms with Crippen LogP contribution in [-0.2, 0) is 4.79 Å². The van der Waals surface area contributed by atoms with Crippen LogP contribution in [0.1, 0.15) is 18.9 Å². The first-order valence-electron chi connectivity index (χ1n) is 8.63. The predicted octanol–water partition coefficient (Wildman–Crippen LogP) is 4.05. The second kappa shape index (κ2) is 9.01. The summed E-state index contributed by atoms with van der Waals surface area (Å²) in [4.78, 5) is 21.3. The Kier molecular flexibility index (Phi) is 6.23. The molecule has 3 rings (SSSR count). The van der Waals surface area contributed by atoms with Crippen molar-refractivity contribution < 1.29 is 4.79 Å². The molecule has 0 bridgehead atoms. The molecule has 0 spiro atoms. The molecule has 0 fully saturated rings. The van der Waals surface area contributed by atoms with Crippen molar-refractivity contribution in [3.05, 3.63) is 54.1 Å². The van der Waals surface area contributed by atoms with E-state index in [0.29, 0.717) is 28.6 Å². The number of amides is 1. The molecule has 0 unspecified atom stereocenters. The summed E-state index contributed by atoms with van der Waals surface area (Å²) in [6.07, 6.45) is 0.303. The third-order valence-corrected chi connectivity index (χ3v) is 4.66. The van der Waals surface area contributed by atoms with Gasteiger partial charge in [-0.05, 0) is 31.2 Å². The Hall–Kier alpha value is -3.11. The maximum absolute atomic E-state index is 12.2. The molecule has 27 heavy (non-hydrogen) atoms. The summed E-state index contributed by atoms with van der Waals surface area (Å²) < 4.78 is 0. The highest BCUT2D eigenvalue weighted by Crippen LogP contribution is 2.24. The lowest BCUT2D eigenvalue weighted by Gasteiger charge is -2.09. The second-order valence-electron chi connectivity index (χ2n) is 5.71. The molecule has 1 amide bonds. The highest BCUT2D eigenvalue weighted by atomic mass is 32.2. The Labute approximate surface area is 162 Å². The van der Waals surface area contributed by atoms with Gasteiger partial charge in [0, 0.05) is 24.1 Å². The molecular weight excluding hydrogens is 358 g/mol. The van der Waals surface area contributed by atoms with Crippen LogP contribution >= 0.6 is 11.8 Å². The van der Waals surface area contributed by atoms with Gasteiger partial charge in [0.05, 0.1) is 16.8 Å². The lowest BCUT2D eigenvalue weighted by molar-refractivity contribution is -0.115. The number of fused-ring (bicyclic) bond motifs is 1. The number of carbonyl (C=O) groups is 1. The number of hydrogen-bond acceptors (Lipinski definition) is 6. The van der Waals surface area contributed by atoms with Crippen LogP contribution in [0.5, 0.6) is 0 Å². The first kappa shape index (κ1) is 18.7. The van der Waals surface area contributed by atoms with E-state index in [1.807, 2.05) is 31.2 Å². The lowest BCUT2D eigenvalue weighted by atomic mass is 10.2. The summed E-state index contributed by atoms with van der Waals surface area (Å²) >= 11 is 1.44. The molecule has 6 nitrogen and oxygen atoms in total. The number of para-hydroxylation sites is 2. The Bertz CT molecular complexity index is 999. The van der Waals surface area contributed by atoms with Crippen molar-refractivity contribution >= 4 is 40.1 Å². The van der Waals surface area contributed by atoms with Gasteiger partial charge in [0.15, 0.2) is 5.16 Å². The molecule has 0 atom stereocenters. The number of aromatic nitrogens is 2. The number of thioether (sulfide) groups is 1. The number of anilines is 2. The molecule has 2 aromatic carbocycles. The molecule has 3 aromatic rings. The van der Waals surface area contributed by atoms with Crippen LogP contribution in [0.25, 0.3) is 10.9 Å². The third-order valence-electron chi connectivity index (χ3n) is 3.81. The zero-order valence-electron chi connectivity index (χ0n) is 14.9. The fourth-order valence-electron chi connectivity index (χ4n) is 2.56. The minimum atomic E-state index is -0.141. The lowest BCUT2D eigenvalue weighted by Crippen LogP contribution is -2.13. The summed E-state index contributed by atoms with van der Waals surface area (Å²) in [5.74, 6) is 1.21. The van der Waals surface area contributed by atoms with E-state index in [4.69, 9.17) is 5.26 Å². The molecule has 2 N–H and O–H groups in total. The van der Waals surface area contributed by atoms with E-state index in [2.05, 4.69) is 26.7 Å². The smallest absolute Gasteiger partial charge is 0.225 e. The van der Waals surface area contributed by atoms with Gasteiger partial charge in [-0.15, -0.1) is 0 Å². The number of benzene rings is 2. The van der Waals surface area contributed by atoms with Crippen molar-refractivity contribution in [2.24, 2.45) is 0 Å². The summed E-state index contributed by atoms with van der Waals surface area (Å²) in [7, 11) is 0. The Balaban J connectivity index is 1.63. The van der Waals surface area contributed by atoms with Gasteiger partial charge in [-0.1, -0.05) is 36.0 Å². The molecule has 1 aromatic heterocycles. The normalized spacial score (nSPS) is 10.4. The molecule has 0 aliphatic heterocycles. The van der Waals surface area contributed by atoms with Crippen LogP contribution in [0.4, 0.5) is 11.5 Å². The number of carbonyl (C=O) groups excluding carboxylic acids is 1. The van der Waals surface area contributed by atoms with E-state index in [1.54, 1.807) is 24.3 Å². The number of nitrogens with zero attached hydrogens (tertiary/aromatic N) is 3. The largest absolute Gasteiger partial charge is 0.370 e.